The third-order valence-electron chi connectivity index (χ3n) is 4.62. The lowest BCUT2D eigenvalue weighted by molar-refractivity contribution is -0.142. The first-order valence-electron chi connectivity index (χ1n) is 10.2. The van der Waals surface area contributed by atoms with Crippen LogP contribution < -0.4 is 21.7 Å². The zero-order valence-electron chi connectivity index (χ0n) is 18.6. The topological polar surface area (TPSA) is 179 Å². The average molecular weight is 521 g/mol. The molecule has 186 valence electrons. The quantitative estimate of drug-likeness (QED) is 0.138. The van der Waals surface area contributed by atoms with E-state index in [1.807, 2.05) is 12.5 Å². The molecule has 1 aromatic heterocycles. The van der Waals surface area contributed by atoms with Gasteiger partial charge in [-0.2, -0.15) is 36.2 Å². The second-order valence-corrected chi connectivity index (χ2v) is 9.49. The standard InChI is InChI=1S/C19H32N6O5S3/c1-32-5-3-12(20)16(26)23-13(4-6-33-2)17(27)25-15(9-31)18(28)24-14(19(29)30)7-11-8-21-10-22-11/h8,10,12-15,31H,3-7,9,20H2,1-2H3,(H,21,22)(H,23,26)(H,24,28)(H,25,27)(H,29,30). The van der Waals surface area contributed by atoms with E-state index in [0.29, 0.717) is 30.0 Å². The van der Waals surface area contributed by atoms with Gasteiger partial charge in [0.25, 0.3) is 0 Å². The molecule has 1 aromatic rings. The second-order valence-electron chi connectivity index (χ2n) is 7.15. The molecule has 3 amide bonds. The van der Waals surface area contributed by atoms with Crippen molar-refractivity contribution in [3.63, 3.8) is 0 Å². The molecule has 1 heterocycles. The fourth-order valence-corrected chi connectivity index (χ4v) is 3.93. The van der Waals surface area contributed by atoms with Gasteiger partial charge in [0.15, 0.2) is 0 Å². The van der Waals surface area contributed by atoms with Crippen LogP contribution in [0.2, 0.25) is 0 Å². The molecule has 0 aromatic carbocycles. The fourth-order valence-electron chi connectivity index (χ4n) is 2.71. The number of hydrogen-bond acceptors (Lipinski definition) is 9. The zero-order chi connectivity index (χ0) is 24.8. The molecule has 0 aliphatic rings. The van der Waals surface area contributed by atoms with Gasteiger partial charge in [-0.25, -0.2) is 9.78 Å². The van der Waals surface area contributed by atoms with Crippen molar-refractivity contribution in [3.8, 4) is 0 Å². The maximum atomic E-state index is 12.8. The molecule has 0 radical (unpaired) electrons. The minimum Gasteiger partial charge on any atom is -0.480 e. The van der Waals surface area contributed by atoms with Crippen LogP contribution in [0.5, 0.6) is 0 Å². The van der Waals surface area contributed by atoms with E-state index in [-0.39, 0.29) is 12.2 Å². The van der Waals surface area contributed by atoms with Crippen molar-refractivity contribution in [2.75, 3.05) is 29.8 Å². The van der Waals surface area contributed by atoms with Gasteiger partial charge in [0.05, 0.1) is 12.4 Å². The SMILES string of the molecule is CSCCC(N)C(=O)NC(CCSC)C(=O)NC(CS)C(=O)NC(Cc1cnc[nH]1)C(=O)O. The average Bonchev–Trinajstić information content (AvgIpc) is 3.30. The Morgan fingerprint density at radius 1 is 1.03 bits per heavy atom. The molecule has 0 spiro atoms. The molecular weight excluding hydrogens is 488 g/mol. The van der Waals surface area contributed by atoms with Crippen LogP contribution in [0.3, 0.4) is 0 Å². The van der Waals surface area contributed by atoms with Gasteiger partial charge in [0.2, 0.25) is 17.7 Å². The summed E-state index contributed by atoms with van der Waals surface area (Å²) >= 11 is 7.19. The Morgan fingerprint density at radius 2 is 1.61 bits per heavy atom. The molecule has 4 unspecified atom stereocenters. The molecule has 0 saturated heterocycles. The summed E-state index contributed by atoms with van der Waals surface area (Å²) in [4.78, 5) is 56.1. The number of amides is 3. The van der Waals surface area contributed by atoms with Crippen LogP contribution in [-0.4, -0.2) is 92.7 Å². The summed E-state index contributed by atoms with van der Waals surface area (Å²) in [7, 11) is 0. The number of imidazole rings is 1. The predicted octanol–water partition coefficient (Wildman–Crippen LogP) is -0.745. The number of aromatic nitrogens is 2. The number of carbonyl (C=O) groups is 4. The summed E-state index contributed by atoms with van der Waals surface area (Å²) in [5.74, 6) is -1.69. The van der Waals surface area contributed by atoms with Gasteiger partial charge >= 0.3 is 5.97 Å². The van der Waals surface area contributed by atoms with E-state index >= 15 is 0 Å². The molecule has 0 bridgehead atoms. The zero-order valence-corrected chi connectivity index (χ0v) is 21.1. The molecule has 4 atom stereocenters. The van der Waals surface area contributed by atoms with Crippen LogP contribution in [0, 0.1) is 0 Å². The fraction of sp³-hybridized carbons (Fsp3) is 0.632. The molecule has 1 rings (SSSR count). The number of aromatic amines is 1. The van der Waals surface area contributed by atoms with Gasteiger partial charge in [-0.05, 0) is 36.9 Å². The number of rotatable bonds is 16. The second kappa shape index (κ2) is 15.9. The molecule has 0 saturated carbocycles. The first-order valence-corrected chi connectivity index (χ1v) is 13.6. The van der Waals surface area contributed by atoms with Crippen LogP contribution in [-0.2, 0) is 25.6 Å². The maximum Gasteiger partial charge on any atom is 0.326 e. The number of carboxylic acid groups (broad SMARTS) is 1. The highest BCUT2D eigenvalue weighted by atomic mass is 32.2. The molecule has 14 heteroatoms. The van der Waals surface area contributed by atoms with E-state index in [2.05, 4.69) is 38.5 Å². The number of nitrogens with two attached hydrogens (primary N) is 1. The number of H-pyrrole nitrogens is 1. The Bertz CT molecular complexity index is 767. The molecular formula is C19H32N6O5S3. The smallest absolute Gasteiger partial charge is 0.326 e. The highest BCUT2D eigenvalue weighted by Gasteiger charge is 2.29. The Hall–Kier alpha value is -1.90. The van der Waals surface area contributed by atoms with Crippen LogP contribution in [0.25, 0.3) is 0 Å². The number of carbonyl (C=O) groups excluding carboxylic acids is 3. The van der Waals surface area contributed by atoms with Crippen LogP contribution in [0.15, 0.2) is 12.5 Å². The lowest BCUT2D eigenvalue weighted by Crippen LogP contribution is -2.58. The Morgan fingerprint density at radius 3 is 2.15 bits per heavy atom. The molecule has 7 N–H and O–H groups in total. The summed E-state index contributed by atoms with van der Waals surface area (Å²) in [5, 5.41) is 17.1. The van der Waals surface area contributed by atoms with Gasteiger partial charge in [0, 0.05) is 24.1 Å². The lowest BCUT2D eigenvalue weighted by atomic mass is 10.1. The van der Waals surface area contributed by atoms with Gasteiger partial charge in [-0.3, -0.25) is 14.4 Å². The summed E-state index contributed by atoms with van der Waals surface area (Å²) in [5.41, 5.74) is 6.43. The van der Waals surface area contributed by atoms with E-state index in [9.17, 15) is 24.3 Å². The highest BCUT2D eigenvalue weighted by molar-refractivity contribution is 7.98. The summed E-state index contributed by atoms with van der Waals surface area (Å²) in [6, 6.07) is -3.95. The first-order chi connectivity index (χ1) is 15.7. The molecule has 0 fully saturated rings. The molecule has 0 aliphatic heterocycles. The minimum atomic E-state index is -1.23. The minimum absolute atomic E-state index is 0.00531. The summed E-state index contributed by atoms with van der Waals surface area (Å²) in [6.45, 7) is 0. The van der Waals surface area contributed by atoms with E-state index in [1.54, 1.807) is 11.8 Å². The van der Waals surface area contributed by atoms with E-state index in [1.165, 1.54) is 24.3 Å². The molecule has 33 heavy (non-hydrogen) atoms. The third kappa shape index (κ3) is 10.7. The van der Waals surface area contributed by atoms with Crippen molar-refractivity contribution in [3.05, 3.63) is 18.2 Å². The molecule has 11 nitrogen and oxygen atoms in total. The maximum absolute atomic E-state index is 12.8. The number of thioether (sulfide) groups is 2. The van der Waals surface area contributed by atoms with Gasteiger partial charge < -0.3 is 31.8 Å². The number of nitrogens with zero attached hydrogens (tertiary/aromatic N) is 1. The first kappa shape index (κ1) is 29.1. The Balaban J connectivity index is 2.79. The number of thiol groups is 1. The Kier molecular flexibility index (Phi) is 14.0. The van der Waals surface area contributed by atoms with Crippen molar-refractivity contribution in [2.45, 2.75) is 43.4 Å². The van der Waals surface area contributed by atoms with E-state index < -0.39 is 47.9 Å². The number of aliphatic carboxylic acids is 1. The lowest BCUT2D eigenvalue weighted by Gasteiger charge is -2.24. The highest BCUT2D eigenvalue weighted by Crippen LogP contribution is 2.05. The van der Waals surface area contributed by atoms with E-state index in [4.69, 9.17) is 5.73 Å². The van der Waals surface area contributed by atoms with Crippen molar-refractivity contribution >= 4 is 59.8 Å². The van der Waals surface area contributed by atoms with Crippen molar-refractivity contribution in [2.24, 2.45) is 5.73 Å². The monoisotopic (exact) mass is 520 g/mol. The third-order valence-corrected chi connectivity index (χ3v) is 6.28. The largest absolute Gasteiger partial charge is 0.480 e. The number of carboxylic acids is 1. The van der Waals surface area contributed by atoms with Crippen LogP contribution in [0.4, 0.5) is 0 Å². The Labute approximate surface area is 207 Å². The van der Waals surface area contributed by atoms with Crippen LogP contribution in [0.1, 0.15) is 18.5 Å². The summed E-state index contributed by atoms with van der Waals surface area (Å²) < 4.78 is 0. The van der Waals surface area contributed by atoms with E-state index in [0.717, 1.165) is 0 Å². The van der Waals surface area contributed by atoms with Crippen LogP contribution >= 0.6 is 36.2 Å². The summed E-state index contributed by atoms with van der Waals surface area (Å²) in [6.07, 6.45) is 7.45. The van der Waals surface area contributed by atoms with Gasteiger partial charge in [-0.1, -0.05) is 0 Å². The van der Waals surface area contributed by atoms with Gasteiger partial charge in [0.1, 0.15) is 18.1 Å². The van der Waals surface area contributed by atoms with Crippen molar-refractivity contribution in [1.82, 2.24) is 25.9 Å². The van der Waals surface area contributed by atoms with Gasteiger partial charge in [-0.15, -0.1) is 0 Å². The van der Waals surface area contributed by atoms with Crippen molar-refractivity contribution in [1.29, 1.82) is 0 Å². The normalized spacial score (nSPS) is 14.5. The number of hydrogen-bond donors (Lipinski definition) is 7. The van der Waals surface area contributed by atoms with Crippen molar-refractivity contribution < 1.29 is 24.3 Å². The molecule has 0 aliphatic carbocycles. The predicted molar refractivity (Wildman–Crippen MR) is 134 cm³/mol. The number of nitrogens with one attached hydrogen (secondary N) is 4.